The number of halogens is 1. The normalized spacial score (nSPS) is 19.4. The Kier molecular flexibility index (Phi) is 5.55. The number of nitrogens with zero attached hydrogens (tertiary/aromatic N) is 4. The molecule has 7 nitrogen and oxygen atoms in total. The van der Waals surface area contributed by atoms with Gasteiger partial charge in [-0.05, 0) is 62.2 Å². The molecule has 3 aromatic rings. The van der Waals surface area contributed by atoms with E-state index in [1.807, 2.05) is 17.0 Å². The van der Waals surface area contributed by atoms with Crippen molar-refractivity contribution in [2.75, 3.05) is 38.0 Å². The third-order valence-electron chi connectivity index (χ3n) is 6.34. The fraction of sp³-hybridized carbons (Fsp3) is 0.435. The molecule has 2 aromatic heterocycles. The maximum Gasteiger partial charge on any atom is 0.236 e. The molecule has 0 aliphatic carbocycles. The number of pyridine rings is 1. The smallest absolute Gasteiger partial charge is 0.236 e. The molecule has 4 heterocycles. The van der Waals surface area contributed by atoms with Crippen molar-refractivity contribution in [2.24, 2.45) is 0 Å². The van der Waals surface area contributed by atoms with Crippen LogP contribution in [0.1, 0.15) is 36.4 Å². The van der Waals surface area contributed by atoms with E-state index in [4.69, 9.17) is 4.98 Å². The van der Waals surface area contributed by atoms with Gasteiger partial charge < -0.3 is 10.2 Å². The van der Waals surface area contributed by atoms with Crippen LogP contribution < -0.4 is 5.32 Å². The molecule has 0 unspecified atom stereocenters. The highest BCUT2D eigenvalue weighted by Crippen LogP contribution is 2.29. The van der Waals surface area contributed by atoms with Crippen molar-refractivity contribution in [3.8, 4) is 0 Å². The SMILES string of the molecule is O=C(CN1CCCC1)N1CC[C@@H](c2ccc3c(NCc4ccc(F)cc4)n[nH]c3n2)C1. The van der Waals surface area contributed by atoms with E-state index in [-0.39, 0.29) is 17.6 Å². The van der Waals surface area contributed by atoms with Crippen LogP contribution in [0, 0.1) is 5.82 Å². The van der Waals surface area contributed by atoms with Crippen molar-refractivity contribution >= 4 is 22.8 Å². The summed E-state index contributed by atoms with van der Waals surface area (Å²) in [7, 11) is 0. The molecule has 0 bridgehead atoms. The van der Waals surface area contributed by atoms with E-state index >= 15 is 0 Å². The molecular formula is C23H27FN6O. The Morgan fingerprint density at radius 1 is 1.13 bits per heavy atom. The van der Waals surface area contributed by atoms with Crippen LogP contribution in [-0.4, -0.2) is 63.6 Å². The lowest BCUT2D eigenvalue weighted by molar-refractivity contribution is -0.131. The molecule has 162 valence electrons. The summed E-state index contributed by atoms with van der Waals surface area (Å²) in [4.78, 5) is 21.6. The second-order valence-electron chi connectivity index (χ2n) is 8.49. The molecule has 5 rings (SSSR count). The first-order chi connectivity index (χ1) is 15.2. The maximum atomic E-state index is 13.1. The van der Waals surface area contributed by atoms with Crippen LogP contribution in [0.15, 0.2) is 36.4 Å². The van der Waals surface area contributed by atoms with Crippen LogP contribution >= 0.6 is 0 Å². The number of anilines is 1. The van der Waals surface area contributed by atoms with Crippen LogP contribution in [0.2, 0.25) is 0 Å². The van der Waals surface area contributed by atoms with Gasteiger partial charge in [0.25, 0.3) is 0 Å². The van der Waals surface area contributed by atoms with Gasteiger partial charge in [0.05, 0.1) is 11.9 Å². The summed E-state index contributed by atoms with van der Waals surface area (Å²) in [6.07, 6.45) is 3.34. The largest absolute Gasteiger partial charge is 0.364 e. The summed E-state index contributed by atoms with van der Waals surface area (Å²) in [5.41, 5.74) is 2.71. The predicted octanol–water partition coefficient (Wildman–Crippen LogP) is 3.12. The first-order valence-corrected chi connectivity index (χ1v) is 11.0. The standard InChI is InChI=1S/C23H27FN6O/c24-18-5-3-16(4-6-18)13-25-22-19-7-8-20(26-23(19)28-27-22)17-9-12-30(14-17)21(31)15-29-10-1-2-11-29/h3-8,17H,1-2,9-15H2,(H2,25,26,27,28)/t17-/m1/s1. The highest BCUT2D eigenvalue weighted by atomic mass is 19.1. The molecule has 0 radical (unpaired) electrons. The molecule has 1 aromatic carbocycles. The van der Waals surface area contributed by atoms with Gasteiger partial charge >= 0.3 is 0 Å². The average molecular weight is 423 g/mol. The summed E-state index contributed by atoms with van der Waals surface area (Å²) in [5, 5.41) is 11.6. The van der Waals surface area contributed by atoms with Gasteiger partial charge in [-0.15, -0.1) is 0 Å². The fourth-order valence-electron chi connectivity index (χ4n) is 4.53. The molecular weight excluding hydrogens is 395 g/mol. The lowest BCUT2D eigenvalue weighted by atomic mass is 10.0. The Morgan fingerprint density at radius 3 is 2.74 bits per heavy atom. The van der Waals surface area contributed by atoms with E-state index in [1.54, 1.807) is 12.1 Å². The number of H-pyrrole nitrogens is 1. The number of aromatic nitrogens is 3. The van der Waals surface area contributed by atoms with E-state index in [2.05, 4.69) is 20.4 Å². The zero-order chi connectivity index (χ0) is 21.2. The quantitative estimate of drug-likeness (QED) is 0.638. The minimum Gasteiger partial charge on any atom is -0.364 e. The molecule has 2 fully saturated rings. The molecule has 2 N–H and O–H groups in total. The average Bonchev–Trinajstić information content (AvgIpc) is 3.54. The number of nitrogens with one attached hydrogen (secondary N) is 2. The van der Waals surface area contributed by atoms with E-state index in [9.17, 15) is 9.18 Å². The van der Waals surface area contributed by atoms with Gasteiger partial charge in [0.15, 0.2) is 11.5 Å². The van der Waals surface area contributed by atoms with Gasteiger partial charge in [-0.25, -0.2) is 9.37 Å². The number of fused-ring (bicyclic) bond motifs is 1. The van der Waals surface area contributed by atoms with Gasteiger partial charge in [0, 0.05) is 31.2 Å². The zero-order valence-corrected chi connectivity index (χ0v) is 17.5. The number of aromatic amines is 1. The second-order valence-corrected chi connectivity index (χ2v) is 8.49. The molecule has 2 saturated heterocycles. The van der Waals surface area contributed by atoms with Crippen molar-refractivity contribution in [1.29, 1.82) is 0 Å². The summed E-state index contributed by atoms with van der Waals surface area (Å²) in [5.74, 6) is 0.978. The summed E-state index contributed by atoms with van der Waals surface area (Å²) >= 11 is 0. The molecule has 31 heavy (non-hydrogen) atoms. The lowest BCUT2D eigenvalue weighted by Gasteiger charge is -2.20. The van der Waals surface area contributed by atoms with Crippen molar-refractivity contribution in [1.82, 2.24) is 25.0 Å². The fourth-order valence-corrected chi connectivity index (χ4v) is 4.53. The number of rotatable bonds is 6. The Bertz CT molecular complexity index is 1060. The third-order valence-corrected chi connectivity index (χ3v) is 6.34. The Hall–Kier alpha value is -3.00. The molecule has 2 aliphatic heterocycles. The molecule has 0 saturated carbocycles. The molecule has 1 amide bonds. The monoisotopic (exact) mass is 422 g/mol. The highest BCUT2D eigenvalue weighted by molar-refractivity contribution is 5.87. The van der Waals surface area contributed by atoms with Crippen molar-refractivity contribution in [3.05, 3.63) is 53.5 Å². The number of hydrogen-bond donors (Lipinski definition) is 2. The van der Waals surface area contributed by atoms with Gasteiger partial charge in [-0.2, -0.15) is 5.10 Å². The molecule has 8 heteroatoms. The van der Waals surface area contributed by atoms with E-state index in [0.29, 0.717) is 13.1 Å². The Labute approximate surface area is 180 Å². The second kappa shape index (κ2) is 8.63. The van der Waals surface area contributed by atoms with Crippen molar-refractivity contribution in [3.63, 3.8) is 0 Å². The Morgan fingerprint density at radius 2 is 1.94 bits per heavy atom. The summed E-state index contributed by atoms with van der Waals surface area (Å²) in [6.45, 7) is 4.71. The maximum absolute atomic E-state index is 13.1. The van der Waals surface area contributed by atoms with Crippen LogP contribution in [0.4, 0.5) is 10.2 Å². The summed E-state index contributed by atoms with van der Waals surface area (Å²) in [6, 6.07) is 10.5. The third kappa shape index (κ3) is 4.39. The van der Waals surface area contributed by atoms with E-state index in [0.717, 1.165) is 60.7 Å². The molecule has 1 atom stereocenters. The van der Waals surface area contributed by atoms with Gasteiger partial charge in [-0.1, -0.05) is 12.1 Å². The Balaban J connectivity index is 1.22. The minimum absolute atomic E-state index is 0.235. The van der Waals surface area contributed by atoms with Crippen LogP contribution in [0.25, 0.3) is 11.0 Å². The molecule has 0 spiro atoms. The van der Waals surface area contributed by atoms with Gasteiger partial charge in [0.2, 0.25) is 5.91 Å². The van der Waals surface area contributed by atoms with Crippen LogP contribution in [-0.2, 0) is 11.3 Å². The summed E-state index contributed by atoms with van der Waals surface area (Å²) < 4.78 is 13.1. The zero-order valence-electron chi connectivity index (χ0n) is 17.5. The van der Waals surface area contributed by atoms with Crippen LogP contribution in [0.5, 0.6) is 0 Å². The first kappa shape index (κ1) is 19.9. The minimum atomic E-state index is -0.242. The number of carbonyl (C=O) groups excluding carboxylic acids is 1. The predicted molar refractivity (Wildman–Crippen MR) is 117 cm³/mol. The number of amides is 1. The van der Waals surface area contributed by atoms with Crippen molar-refractivity contribution in [2.45, 2.75) is 31.7 Å². The van der Waals surface area contributed by atoms with Crippen molar-refractivity contribution < 1.29 is 9.18 Å². The molecule has 2 aliphatic rings. The van der Waals surface area contributed by atoms with Gasteiger partial charge in [-0.3, -0.25) is 14.8 Å². The number of hydrogen-bond acceptors (Lipinski definition) is 5. The van der Waals surface area contributed by atoms with Crippen LogP contribution in [0.3, 0.4) is 0 Å². The van der Waals surface area contributed by atoms with Gasteiger partial charge in [0.1, 0.15) is 5.82 Å². The highest BCUT2D eigenvalue weighted by Gasteiger charge is 2.29. The van der Waals surface area contributed by atoms with E-state index in [1.165, 1.54) is 25.0 Å². The lowest BCUT2D eigenvalue weighted by Crippen LogP contribution is -2.38. The number of carbonyl (C=O) groups is 1. The number of likely N-dealkylation sites (tertiary alicyclic amines) is 2. The topological polar surface area (TPSA) is 77.2 Å². The van der Waals surface area contributed by atoms with E-state index < -0.39 is 0 Å². The first-order valence-electron chi connectivity index (χ1n) is 11.0. The number of benzene rings is 1.